The minimum atomic E-state index is -0.676. The Kier molecular flexibility index (Phi) is 4.53. The Morgan fingerprint density at radius 2 is 2.12 bits per heavy atom. The average Bonchev–Trinajstić information content (AvgIpc) is 3.21. The number of rotatable bonds is 5. The molecule has 0 aliphatic carbocycles. The highest BCUT2D eigenvalue weighted by atomic mass is 35.5. The number of nitro benzene ring substituents is 1. The van der Waals surface area contributed by atoms with Gasteiger partial charge in [-0.25, -0.2) is 4.79 Å². The third kappa shape index (κ3) is 3.69. The highest BCUT2D eigenvalue weighted by Crippen LogP contribution is 2.32. The summed E-state index contributed by atoms with van der Waals surface area (Å²) >= 11 is 6.04. The Morgan fingerprint density at radius 3 is 2.76 bits per heavy atom. The molecule has 8 nitrogen and oxygen atoms in total. The van der Waals surface area contributed by atoms with Crippen molar-refractivity contribution in [2.75, 3.05) is 0 Å². The number of benzene rings is 1. The maximum absolute atomic E-state index is 12.0. The van der Waals surface area contributed by atoms with Gasteiger partial charge in [-0.05, 0) is 25.1 Å². The third-order valence-corrected chi connectivity index (χ3v) is 3.58. The van der Waals surface area contributed by atoms with E-state index in [0.717, 1.165) is 0 Å². The average molecular weight is 363 g/mol. The van der Waals surface area contributed by atoms with Crippen LogP contribution >= 0.6 is 11.6 Å². The SMILES string of the molecule is Cc1cc(COC(=O)c2ccc(-c3ccc([N+](=O)[O-])cc3Cl)o2)no1. The topological polar surface area (TPSA) is 109 Å². The van der Waals surface area contributed by atoms with Gasteiger partial charge in [0.25, 0.3) is 5.69 Å². The minimum absolute atomic E-state index is 0.0235. The number of halogens is 1. The van der Waals surface area contributed by atoms with E-state index >= 15 is 0 Å². The lowest BCUT2D eigenvalue weighted by atomic mass is 10.1. The first-order valence-electron chi connectivity index (χ1n) is 7.07. The molecule has 9 heteroatoms. The maximum atomic E-state index is 12.0. The summed E-state index contributed by atoms with van der Waals surface area (Å²) in [4.78, 5) is 22.2. The molecule has 0 aliphatic heterocycles. The van der Waals surface area contributed by atoms with Crippen molar-refractivity contribution in [2.45, 2.75) is 13.5 Å². The number of non-ortho nitro benzene ring substituents is 1. The number of carbonyl (C=O) groups excluding carboxylic acids is 1. The van der Waals surface area contributed by atoms with Crippen molar-refractivity contribution in [3.63, 3.8) is 0 Å². The van der Waals surface area contributed by atoms with Crippen LogP contribution in [-0.4, -0.2) is 16.0 Å². The van der Waals surface area contributed by atoms with E-state index in [1.807, 2.05) is 0 Å². The fraction of sp³-hybridized carbons (Fsp3) is 0.125. The minimum Gasteiger partial charge on any atom is -0.453 e. The predicted molar refractivity (Wildman–Crippen MR) is 86.2 cm³/mol. The van der Waals surface area contributed by atoms with Gasteiger partial charge in [0.15, 0.2) is 0 Å². The molecule has 3 aromatic rings. The Hall–Kier alpha value is -3.13. The zero-order valence-corrected chi connectivity index (χ0v) is 13.6. The molecule has 0 amide bonds. The number of aryl methyl sites for hydroxylation is 1. The van der Waals surface area contributed by atoms with Gasteiger partial charge in [0.05, 0.1) is 9.95 Å². The Morgan fingerprint density at radius 1 is 1.32 bits per heavy atom. The number of carbonyl (C=O) groups is 1. The standard InChI is InChI=1S/C16H11ClN2O6/c1-9-6-10(18-25-9)8-23-16(20)15-5-4-14(24-15)12-3-2-11(19(21)22)7-13(12)17/h2-7H,8H2,1H3. The predicted octanol–water partition coefficient (Wildman–Crippen LogP) is 4.16. The lowest BCUT2D eigenvalue weighted by molar-refractivity contribution is -0.384. The van der Waals surface area contributed by atoms with Gasteiger partial charge in [0.1, 0.15) is 23.8 Å². The quantitative estimate of drug-likeness (QED) is 0.380. The van der Waals surface area contributed by atoms with Crippen molar-refractivity contribution in [3.8, 4) is 11.3 Å². The summed E-state index contributed by atoms with van der Waals surface area (Å²) in [5, 5.41) is 14.6. The molecule has 25 heavy (non-hydrogen) atoms. The molecule has 0 aliphatic rings. The highest BCUT2D eigenvalue weighted by molar-refractivity contribution is 6.33. The molecular formula is C16H11ClN2O6. The molecule has 0 radical (unpaired) electrons. The van der Waals surface area contributed by atoms with E-state index < -0.39 is 10.9 Å². The van der Waals surface area contributed by atoms with Gasteiger partial charge < -0.3 is 13.7 Å². The van der Waals surface area contributed by atoms with Crippen LogP contribution in [0.1, 0.15) is 22.0 Å². The van der Waals surface area contributed by atoms with Crippen LogP contribution in [0.25, 0.3) is 11.3 Å². The van der Waals surface area contributed by atoms with Crippen LogP contribution in [0.2, 0.25) is 5.02 Å². The molecule has 128 valence electrons. The van der Waals surface area contributed by atoms with E-state index in [-0.39, 0.29) is 23.1 Å². The van der Waals surface area contributed by atoms with Gasteiger partial charge in [-0.3, -0.25) is 10.1 Å². The molecule has 0 spiro atoms. The lowest BCUT2D eigenvalue weighted by Gasteiger charge is -2.01. The number of nitrogens with zero attached hydrogens (tertiary/aromatic N) is 2. The van der Waals surface area contributed by atoms with Gasteiger partial charge in [-0.1, -0.05) is 16.8 Å². The zero-order chi connectivity index (χ0) is 18.0. The molecule has 2 heterocycles. The van der Waals surface area contributed by atoms with Crippen molar-refractivity contribution >= 4 is 23.3 Å². The van der Waals surface area contributed by atoms with E-state index in [1.54, 1.807) is 13.0 Å². The smallest absolute Gasteiger partial charge is 0.374 e. The van der Waals surface area contributed by atoms with E-state index in [4.69, 9.17) is 25.3 Å². The Labute approximate surface area is 146 Å². The molecule has 0 saturated heterocycles. The summed E-state index contributed by atoms with van der Waals surface area (Å²) in [6.07, 6.45) is 0. The van der Waals surface area contributed by atoms with Crippen molar-refractivity contribution in [1.82, 2.24) is 5.16 Å². The number of ether oxygens (including phenoxy) is 1. The van der Waals surface area contributed by atoms with Gasteiger partial charge in [0, 0.05) is 23.8 Å². The van der Waals surface area contributed by atoms with Crippen LogP contribution in [0.15, 0.2) is 45.3 Å². The fourth-order valence-electron chi connectivity index (χ4n) is 2.11. The monoisotopic (exact) mass is 362 g/mol. The van der Waals surface area contributed by atoms with E-state index in [2.05, 4.69) is 5.16 Å². The zero-order valence-electron chi connectivity index (χ0n) is 12.9. The number of hydrogen-bond donors (Lipinski definition) is 0. The summed E-state index contributed by atoms with van der Waals surface area (Å²) in [6, 6.07) is 8.58. The molecule has 0 saturated carbocycles. The molecule has 0 N–H and O–H groups in total. The molecule has 2 aromatic heterocycles. The number of nitro groups is 1. The second-order valence-electron chi connectivity index (χ2n) is 5.09. The summed E-state index contributed by atoms with van der Waals surface area (Å²) in [5.41, 5.74) is 0.775. The first-order chi connectivity index (χ1) is 11.9. The van der Waals surface area contributed by atoms with Crippen molar-refractivity contribution < 1.29 is 23.4 Å². The van der Waals surface area contributed by atoms with Gasteiger partial charge in [-0.15, -0.1) is 0 Å². The molecule has 1 aromatic carbocycles. The Balaban J connectivity index is 1.73. The van der Waals surface area contributed by atoms with E-state index in [9.17, 15) is 14.9 Å². The highest BCUT2D eigenvalue weighted by Gasteiger charge is 2.17. The van der Waals surface area contributed by atoms with Crippen LogP contribution in [0.3, 0.4) is 0 Å². The number of esters is 1. The third-order valence-electron chi connectivity index (χ3n) is 3.26. The number of hydrogen-bond acceptors (Lipinski definition) is 7. The van der Waals surface area contributed by atoms with Gasteiger partial charge >= 0.3 is 5.97 Å². The summed E-state index contributed by atoms with van der Waals surface area (Å²) < 4.78 is 15.4. The number of furan rings is 1. The maximum Gasteiger partial charge on any atom is 0.374 e. The fourth-order valence-corrected chi connectivity index (χ4v) is 2.37. The van der Waals surface area contributed by atoms with Crippen LogP contribution in [0.4, 0.5) is 5.69 Å². The number of aromatic nitrogens is 1. The molecule has 0 unspecified atom stereocenters. The van der Waals surface area contributed by atoms with E-state index in [0.29, 0.717) is 22.8 Å². The van der Waals surface area contributed by atoms with Crippen LogP contribution in [0, 0.1) is 17.0 Å². The van der Waals surface area contributed by atoms with Gasteiger partial charge in [-0.2, -0.15) is 0 Å². The summed E-state index contributed by atoms with van der Waals surface area (Å²) in [7, 11) is 0. The molecular weight excluding hydrogens is 352 g/mol. The van der Waals surface area contributed by atoms with Crippen molar-refractivity contribution in [3.05, 3.63) is 68.7 Å². The van der Waals surface area contributed by atoms with Crippen molar-refractivity contribution in [1.29, 1.82) is 0 Å². The molecule has 0 fully saturated rings. The summed E-state index contributed by atoms with van der Waals surface area (Å²) in [5.74, 6) is 0.206. The normalized spacial score (nSPS) is 10.6. The molecule has 0 atom stereocenters. The van der Waals surface area contributed by atoms with Crippen LogP contribution in [0.5, 0.6) is 0 Å². The van der Waals surface area contributed by atoms with Crippen LogP contribution < -0.4 is 0 Å². The Bertz CT molecular complexity index is 946. The van der Waals surface area contributed by atoms with Crippen molar-refractivity contribution in [2.24, 2.45) is 0 Å². The largest absolute Gasteiger partial charge is 0.453 e. The van der Waals surface area contributed by atoms with Crippen LogP contribution in [-0.2, 0) is 11.3 Å². The van der Waals surface area contributed by atoms with E-state index in [1.165, 1.54) is 30.3 Å². The first kappa shape index (κ1) is 16.7. The molecule has 0 bridgehead atoms. The first-order valence-corrected chi connectivity index (χ1v) is 7.45. The van der Waals surface area contributed by atoms with Gasteiger partial charge in [0.2, 0.25) is 5.76 Å². The lowest BCUT2D eigenvalue weighted by Crippen LogP contribution is -2.04. The summed E-state index contributed by atoms with van der Waals surface area (Å²) in [6.45, 7) is 1.68. The molecule has 3 rings (SSSR count). The second-order valence-corrected chi connectivity index (χ2v) is 5.50. The second kappa shape index (κ2) is 6.78.